The third-order valence-corrected chi connectivity index (χ3v) is 9.51. The van der Waals surface area contributed by atoms with Gasteiger partial charge in [0.25, 0.3) is 5.91 Å². The standard InChI is InChI=1S/C31H42BN3O5/c1-18(2)14-26(32-39-25-16-22-15-24(30(22,4)5)31(25,6)40-32)34-29(38)27(19(3)36)35-28(37)23-13-12-21(17-33-23)20-10-8-7-9-11-20/h7-13,17-19,22,24-27,36H,14-16H2,1-6H3,(H,34,38)(H,35,37)/t19-,22+,24+,25-,26+,27+,31+/m1/s1. The van der Waals surface area contributed by atoms with Crippen LogP contribution in [-0.4, -0.2) is 58.8 Å². The lowest BCUT2D eigenvalue weighted by molar-refractivity contribution is -0.199. The Morgan fingerprint density at radius 2 is 1.77 bits per heavy atom. The van der Waals surface area contributed by atoms with E-state index >= 15 is 0 Å². The number of carbonyl (C=O) groups excluding carboxylic acids is 2. The van der Waals surface area contributed by atoms with E-state index in [4.69, 9.17) is 9.31 Å². The molecule has 1 aromatic carbocycles. The van der Waals surface area contributed by atoms with E-state index in [0.717, 1.165) is 24.0 Å². The highest BCUT2D eigenvalue weighted by Gasteiger charge is 2.68. The van der Waals surface area contributed by atoms with Crippen LogP contribution in [0.5, 0.6) is 0 Å². The minimum absolute atomic E-state index is 0.00182. The summed E-state index contributed by atoms with van der Waals surface area (Å²) in [6.45, 7) is 12.4. The molecule has 0 spiro atoms. The first kappa shape index (κ1) is 28.8. The number of benzene rings is 1. The first-order valence-electron chi connectivity index (χ1n) is 14.5. The number of carbonyl (C=O) groups is 2. The lowest BCUT2D eigenvalue weighted by atomic mass is 9.43. The SMILES string of the molecule is CC(C)C[C@H](NC(=O)[C@@H](NC(=O)c1ccc(-c2ccccc2)cn1)[C@@H](C)O)B1O[C@@H]2C[C@@H]3C[C@@H](C3(C)C)[C@]2(C)O1. The van der Waals surface area contributed by atoms with Crippen LogP contribution in [0, 0.1) is 23.2 Å². The van der Waals surface area contributed by atoms with Gasteiger partial charge in [-0.3, -0.25) is 14.6 Å². The maximum absolute atomic E-state index is 13.5. The molecule has 2 heterocycles. The zero-order chi connectivity index (χ0) is 28.8. The molecule has 6 rings (SSSR count). The van der Waals surface area contributed by atoms with Crippen molar-refractivity contribution in [1.29, 1.82) is 0 Å². The number of nitrogens with one attached hydrogen (secondary N) is 2. The minimum Gasteiger partial charge on any atom is -0.404 e. The highest BCUT2D eigenvalue weighted by Crippen LogP contribution is 2.65. The van der Waals surface area contributed by atoms with E-state index in [9.17, 15) is 14.7 Å². The van der Waals surface area contributed by atoms with Gasteiger partial charge in [0, 0.05) is 11.8 Å². The largest absolute Gasteiger partial charge is 0.481 e. The van der Waals surface area contributed by atoms with Gasteiger partial charge in [0.05, 0.1) is 23.8 Å². The van der Waals surface area contributed by atoms with E-state index in [0.29, 0.717) is 18.3 Å². The second kappa shape index (κ2) is 10.9. The Morgan fingerprint density at radius 1 is 1.05 bits per heavy atom. The van der Waals surface area contributed by atoms with Crippen LogP contribution >= 0.6 is 0 Å². The summed E-state index contributed by atoms with van der Waals surface area (Å²) in [7, 11) is -0.589. The predicted molar refractivity (Wildman–Crippen MR) is 154 cm³/mol. The number of aliphatic hydroxyl groups is 1. The summed E-state index contributed by atoms with van der Waals surface area (Å²) < 4.78 is 13.1. The second-order valence-corrected chi connectivity index (χ2v) is 13.1. The summed E-state index contributed by atoms with van der Waals surface area (Å²) >= 11 is 0. The van der Waals surface area contributed by atoms with Gasteiger partial charge in [-0.25, -0.2) is 0 Å². The number of rotatable bonds is 9. The molecule has 2 bridgehead atoms. The van der Waals surface area contributed by atoms with Crippen molar-refractivity contribution in [1.82, 2.24) is 15.6 Å². The third-order valence-electron chi connectivity index (χ3n) is 9.51. The maximum Gasteiger partial charge on any atom is 0.481 e. The summed E-state index contributed by atoms with van der Waals surface area (Å²) in [6.07, 6.45) is 3.25. The van der Waals surface area contributed by atoms with Gasteiger partial charge in [-0.2, -0.15) is 0 Å². The van der Waals surface area contributed by atoms with E-state index in [1.807, 2.05) is 36.4 Å². The van der Waals surface area contributed by atoms with E-state index < -0.39 is 42.6 Å². The van der Waals surface area contributed by atoms with Crippen molar-refractivity contribution in [3.8, 4) is 11.1 Å². The molecule has 8 nitrogen and oxygen atoms in total. The summed E-state index contributed by atoms with van der Waals surface area (Å²) in [5.41, 5.74) is 1.86. The molecule has 2 aromatic rings. The normalized spacial score (nSPS) is 28.7. The lowest BCUT2D eigenvalue weighted by Crippen LogP contribution is -2.65. The van der Waals surface area contributed by atoms with Gasteiger partial charge in [0.15, 0.2) is 0 Å². The van der Waals surface area contributed by atoms with Crippen LogP contribution < -0.4 is 10.6 Å². The Labute approximate surface area is 237 Å². The van der Waals surface area contributed by atoms with Gasteiger partial charge in [0.1, 0.15) is 11.7 Å². The fourth-order valence-corrected chi connectivity index (χ4v) is 7.04. The average Bonchev–Trinajstić information content (AvgIpc) is 3.28. The molecule has 3 saturated carbocycles. The van der Waals surface area contributed by atoms with E-state index in [1.165, 1.54) is 6.92 Å². The summed E-state index contributed by atoms with van der Waals surface area (Å²) in [5, 5.41) is 16.2. The zero-order valence-electron chi connectivity index (χ0n) is 24.4. The van der Waals surface area contributed by atoms with Gasteiger partial charge in [-0.1, -0.05) is 64.1 Å². The molecular weight excluding hydrogens is 505 g/mol. The monoisotopic (exact) mass is 547 g/mol. The van der Waals surface area contributed by atoms with Gasteiger partial charge in [-0.15, -0.1) is 0 Å². The average molecular weight is 548 g/mol. The Kier molecular flexibility index (Phi) is 7.85. The van der Waals surface area contributed by atoms with E-state index in [2.05, 4.69) is 50.2 Å². The molecule has 0 unspecified atom stereocenters. The number of amides is 2. The van der Waals surface area contributed by atoms with Crippen LogP contribution in [0.2, 0.25) is 0 Å². The summed E-state index contributed by atoms with van der Waals surface area (Å²) in [5.74, 6) is -0.126. The first-order valence-corrected chi connectivity index (χ1v) is 14.5. The number of aromatic nitrogens is 1. The molecule has 40 heavy (non-hydrogen) atoms. The molecule has 2 amide bonds. The fourth-order valence-electron chi connectivity index (χ4n) is 7.04. The van der Waals surface area contributed by atoms with Crippen molar-refractivity contribution < 1.29 is 24.0 Å². The van der Waals surface area contributed by atoms with Gasteiger partial charge < -0.3 is 25.0 Å². The summed E-state index contributed by atoms with van der Waals surface area (Å²) in [6, 6.07) is 12.0. The molecular formula is C31H42BN3O5. The third kappa shape index (κ3) is 5.31. The fraction of sp³-hybridized carbons (Fsp3) is 0.581. The molecule has 4 aliphatic rings. The number of pyridine rings is 1. The van der Waals surface area contributed by atoms with Gasteiger partial charge in [0.2, 0.25) is 5.91 Å². The van der Waals surface area contributed by atoms with E-state index in [1.54, 1.807) is 12.3 Å². The van der Waals surface area contributed by atoms with E-state index in [-0.39, 0.29) is 23.1 Å². The number of hydrogen-bond acceptors (Lipinski definition) is 6. The van der Waals surface area contributed by atoms with Crippen molar-refractivity contribution in [3.63, 3.8) is 0 Å². The highest BCUT2D eigenvalue weighted by atomic mass is 16.7. The molecule has 9 heteroatoms. The number of hydrogen-bond donors (Lipinski definition) is 3. The smallest absolute Gasteiger partial charge is 0.404 e. The molecule has 7 atom stereocenters. The maximum atomic E-state index is 13.5. The van der Waals surface area contributed by atoms with Crippen LogP contribution in [0.15, 0.2) is 48.7 Å². The summed E-state index contributed by atoms with van der Waals surface area (Å²) in [4.78, 5) is 30.8. The Balaban J connectivity index is 1.27. The van der Waals surface area contributed by atoms with Crippen LogP contribution in [0.1, 0.15) is 71.3 Å². The molecule has 0 radical (unpaired) electrons. The quantitative estimate of drug-likeness (QED) is 0.409. The van der Waals surface area contributed by atoms with Gasteiger partial charge in [-0.05, 0) is 67.9 Å². The molecule has 3 N–H and O–H groups in total. The van der Waals surface area contributed by atoms with Crippen molar-refractivity contribution in [3.05, 3.63) is 54.4 Å². The van der Waals surface area contributed by atoms with Crippen molar-refractivity contribution in [2.24, 2.45) is 23.2 Å². The first-order chi connectivity index (χ1) is 18.9. The Morgan fingerprint density at radius 3 is 2.38 bits per heavy atom. The van der Waals surface area contributed by atoms with Crippen LogP contribution in [-0.2, 0) is 14.1 Å². The Bertz CT molecular complexity index is 1220. The molecule has 1 aliphatic heterocycles. The van der Waals surface area contributed by atoms with Crippen molar-refractivity contribution in [2.75, 3.05) is 0 Å². The second-order valence-electron chi connectivity index (χ2n) is 13.1. The molecule has 3 aliphatic carbocycles. The number of aliphatic hydroxyl groups excluding tert-OH is 1. The predicted octanol–water partition coefficient (Wildman–Crippen LogP) is 4.03. The topological polar surface area (TPSA) is 110 Å². The van der Waals surface area contributed by atoms with Crippen LogP contribution in [0.25, 0.3) is 11.1 Å². The van der Waals surface area contributed by atoms with Crippen molar-refractivity contribution >= 4 is 18.9 Å². The van der Waals surface area contributed by atoms with Crippen LogP contribution in [0.4, 0.5) is 0 Å². The Hall–Kier alpha value is -2.75. The van der Waals surface area contributed by atoms with Crippen LogP contribution in [0.3, 0.4) is 0 Å². The molecule has 4 fully saturated rings. The molecule has 1 saturated heterocycles. The van der Waals surface area contributed by atoms with Crippen molar-refractivity contribution in [2.45, 2.75) is 90.6 Å². The number of nitrogens with zero attached hydrogens (tertiary/aromatic N) is 1. The molecule has 214 valence electrons. The van der Waals surface area contributed by atoms with Gasteiger partial charge >= 0.3 is 7.12 Å². The molecule has 1 aromatic heterocycles. The highest BCUT2D eigenvalue weighted by molar-refractivity contribution is 6.48. The zero-order valence-corrected chi connectivity index (χ0v) is 24.4. The minimum atomic E-state index is -1.16. The lowest BCUT2D eigenvalue weighted by Gasteiger charge is -2.64.